The maximum Gasteiger partial charge on any atom is 0.120 e. The van der Waals surface area contributed by atoms with Crippen LogP contribution in [0.1, 0.15) is 19.8 Å². The Balaban J connectivity index is 2.01. The number of hydrogen-bond donors (Lipinski definition) is 2. The zero-order valence-electron chi connectivity index (χ0n) is 10.2. The van der Waals surface area contributed by atoms with E-state index in [1.165, 1.54) is 0 Å². The van der Waals surface area contributed by atoms with Crippen molar-refractivity contribution in [2.75, 3.05) is 19.7 Å². The predicted octanol–water partition coefficient (Wildman–Crippen LogP) is 2.58. The van der Waals surface area contributed by atoms with Crippen LogP contribution in [0.15, 0.2) is 28.7 Å². The molecule has 3 nitrogen and oxygen atoms in total. The third-order valence-corrected chi connectivity index (χ3v) is 2.81. The standard InChI is InChI=1S/C13H20BrNO2/c1-11(16)4-3-7-15-8-9-17-13-6-2-5-12(14)10-13/h2,5-6,10-11,15-16H,3-4,7-9H2,1H3. The highest BCUT2D eigenvalue weighted by Crippen LogP contribution is 2.17. The number of benzene rings is 1. The van der Waals surface area contributed by atoms with Crippen LogP contribution in [0.5, 0.6) is 5.75 Å². The third-order valence-electron chi connectivity index (χ3n) is 2.32. The molecule has 0 heterocycles. The molecule has 0 aliphatic carbocycles. The van der Waals surface area contributed by atoms with Crippen molar-refractivity contribution in [3.63, 3.8) is 0 Å². The molecule has 0 aliphatic heterocycles. The van der Waals surface area contributed by atoms with E-state index in [1.54, 1.807) is 0 Å². The number of ether oxygens (including phenoxy) is 1. The molecular formula is C13H20BrNO2. The molecule has 1 atom stereocenters. The fourth-order valence-electron chi connectivity index (χ4n) is 1.45. The fraction of sp³-hybridized carbons (Fsp3) is 0.538. The van der Waals surface area contributed by atoms with Crippen LogP contribution in [0.25, 0.3) is 0 Å². The fourth-order valence-corrected chi connectivity index (χ4v) is 1.82. The molecule has 1 aromatic carbocycles. The summed E-state index contributed by atoms with van der Waals surface area (Å²) in [5, 5.41) is 12.4. The molecule has 4 heteroatoms. The molecule has 0 spiro atoms. The lowest BCUT2D eigenvalue weighted by atomic mass is 10.2. The quantitative estimate of drug-likeness (QED) is 0.725. The van der Waals surface area contributed by atoms with Gasteiger partial charge < -0.3 is 15.2 Å². The third kappa shape index (κ3) is 7.36. The van der Waals surface area contributed by atoms with Gasteiger partial charge in [0.05, 0.1) is 6.10 Å². The molecule has 0 fully saturated rings. The molecule has 96 valence electrons. The molecule has 0 aromatic heterocycles. The van der Waals surface area contributed by atoms with Crippen LogP contribution >= 0.6 is 15.9 Å². The minimum Gasteiger partial charge on any atom is -0.492 e. The van der Waals surface area contributed by atoms with E-state index in [0.717, 1.165) is 36.2 Å². The average Bonchev–Trinajstić information content (AvgIpc) is 2.27. The van der Waals surface area contributed by atoms with Crippen molar-refractivity contribution >= 4 is 15.9 Å². The van der Waals surface area contributed by atoms with Crippen molar-refractivity contribution in [1.29, 1.82) is 0 Å². The Labute approximate surface area is 111 Å². The molecule has 0 bridgehead atoms. The van der Waals surface area contributed by atoms with Crippen LogP contribution in [-0.2, 0) is 0 Å². The van der Waals surface area contributed by atoms with Crippen molar-refractivity contribution in [3.8, 4) is 5.75 Å². The molecule has 0 saturated carbocycles. The molecule has 1 unspecified atom stereocenters. The van der Waals surface area contributed by atoms with Gasteiger partial charge in [-0.25, -0.2) is 0 Å². The first kappa shape index (κ1) is 14.5. The molecular weight excluding hydrogens is 282 g/mol. The van der Waals surface area contributed by atoms with E-state index in [2.05, 4.69) is 21.2 Å². The van der Waals surface area contributed by atoms with Gasteiger partial charge in [-0.3, -0.25) is 0 Å². The number of aliphatic hydroxyl groups excluding tert-OH is 1. The van der Waals surface area contributed by atoms with Gasteiger partial charge in [0.25, 0.3) is 0 Å². The van der Waals surface area contributed by atoms with Gasteiger partial charge in [0, 0.05) is 11.0 Å². The molecule has 0 amide bonds. The van der Waals surface area contributed by atoms with Crippen molar-refractivity contribution in [3.05, 3.63) is 28.7 Å². The zero-order chi connectivity index (χ0) is 12.5. The maximum absolute atomic E-state index is 9.07. The van der Waals surface area contributed by atoms with Gasteiger partial charge in [0.1, 0.15) is 12.4 Å². The van der Waals surface area contributed by atoms with E-state index in [9.17, 15) is 0 Å². The molecule has 2 N–H and O–H groups in total. The summed E-state index contributed by atoms with van der Waals surface area (Å²) in [5.74, 6) is 0.880. The minimum atomic E-state index is -0.199. The second kappa shape index (κ2) is 8.50. The second-order valence-corrected chi connectivity index (χ2v) is 4.96. The van der Waals surface area contributed by atoms with Crippen LogP contribution in [0.2, 0.25) is 0 Å². The second-order valence-electron chi connectivity index (χ2n) is 4.05. The lowest BCUT2D eigenvalue weighted by Crippen LogP contribution is -2.22. The number of aliphatic hydroxyl groups is 1. The Morgan fingerprint density at radius 2 is 2.24 bits per heavy atom. The Morgan fingerprint density at radius 1 is 1.41 bits per heavy atom. The van der Waals surface area contributed by atoms with Crippen molar-refractivity contribution in [2.24, 2.45) is 0 Å². The van der Waals surface area contributed by atoms with Gasteiger partial charge >= 0.3 is 0 Å². The Hall–Kier alpha value is -0.580. The van der Waals surface area contributed by atoms with E-state index in [0.29, 0.717) is 6.61 Å². The van der Waals surface area contributed by atoms with Crippen LogP contribution < -0.4 is 10.1 Å². The van der Waals surface area contributed by atoms with Crippen LogP contribution in [0.3, 0.4) is 0 Å². The maximum atomic E-state index is 9.07. The molecule has 0 saturated heterocycles. The van der Waals surface area contributed by atoms with Crippen molar-refractivity contribution in [2.45, 2.75) is 25.9 Å². The average molecular weight is 302 g/mol. The Morgan fingerprint density at radius 3 is 2.94 bits per heavy atom. The predicted molar refractivity (Wildman–Crippen MR) is 73.4 cm³/mol. The van der Waals surface area contributed by atoms with Crippen LogP contribution in [-0.4, -0.2) is 30.9 Å². The summed E-state index contributed by atoms with van der Waals surface area (Å²) < 4.78 is 6.60. The van der Waals surface area contributed by atoms with E-state index >= 15 is 0 Å². The molecule has 0 radical (unpaired) electrons. The van der Waals surface area contributed by atoms with Gasteiger partial charge in [-0.05, 0) is 44.5 Å². The molecule has 1 aromatic rings. The molecule has 17 heavy (non-hydrogen) atoms. The van der Waals surface area contributed by atoms with Gasteiger partial charge in [0.2, 0.25) is 0 Å². The Kier molecular flexibility index (Phi) is 7.24. The van der Waals surface area contributed by atoms with Gasteiger partial charge in [-0.1, -0.05) is 22.0 Å². The van der Waals surface area contributed by atoms with E-state index in [1.807, 2.05) is 31.2 Å². The van der Waals surface area contributed by atoms with E-state index < -0.39 is 0 Å². The smallest absolute Gasteiger partial charge is 0.120 e. The SMILES string of the molecule is CC(O)CCCNCCOc1cccc(Br)c1. The summed E-state index contributed by atoms with van der Waals surface area (Å²) in [6, 6.07) is 7.82. The summed E-state index contributed by atoms with van der Waals surface area (Å²) in [5.41, 5.74) is 0. The first-order valence-electron chi connectivity index (χ1n) is 5.95. The summed E-state index contributed by atoms with van der Waals surface area (Å²) in [6.45, 7) is 4.22. The number of rotatable bonds is 8. The van der Waals surface area contributed by atoms with Crippen LogP contribution in [0, 0.1) is 0 Å². The molecule has 0 aliphatic rings. The summed E-state index contributed by atoms with van der Waals surface area (Å²) in [6.07, 6.45) is 1.64. The van der Waals surface area contributed by atoms with E-state index in [-0.39, 0.29) is 6.10 Å². The first-order chi connectivity index (χ1) is 8.18. The lowest BCUT2D eigenvalue weighted by Gasteiger charge is -2.08. The summed E-state index contributed by atoms with van der Waals surface area (Å²) in [4.78, 5) is 0. The number of hydrogen-bond acceptors (Lipinski definition) is 3. The minimum absolute atomic E-state index is 0.199. The van der Waals surface area contributed by atoms with Gasteiger partial charge in [-0.15, -0.1) is 0 Å². The summed E-state index contributed by atoms with van der Waals surface area (Å²) in [7, 11) is 0. The van der Waals surface area contributed by atoms with Gasteiger partial charge in [0.15, 0.2) is 0 Å². The van der Waals surface area contributed by atoms with Crippen molar-refractivity contribution in [1.82, 2.24) is 5.32 Å². The monoisotopic (exact) mass is 301 g/mol. The molecule has 1 rings (SSSR count). The number of halogens is 1. The topological polar surface area (TPSA) is 41.5 Å². The zero-order valence-corrected chi connectivity index (χ0v) is 11.7. The highest BCUT2D eigenvalue weighted by Gasteiger charge is 1.96. The normalized spacial score (nSPS) is 12.4. The van der Waals surface area contributed by atoms with Crippen molar-refractivity contribution < 1.29 is 9.84 Å². The highest BCUT2D eigenvalue weighted by atomic mass is 79.9. The van der Waals surface area contributed by atoms with Crippen LogP contribution in [0.4, 0.5) is 0 Å². The lowest BCUT2D eigenvalue weighted by molar-refractivity contribution is 0.181. The summed E-state index contributed by atoms with van der Waals surface area (Å²) >= 11 is 3.40. The Bertz CT molecular complexity index is 318. The largest absolute Gasteiger partial charge is 0.492 e. The highest BCUT2D eigenvalue weighted by molar-refractivity contribution is 9.10. The first-order valence-corrected chi connectivity index (χ1v) is 6.75. The number of nitrogens with one attached hydrogen (secondary N) is 1. The van der Waals surface area contributed by atoms with Gasteiger partial charge in [-0.2, -0.15) is 0 Å². The van der Waals surface area contributed by atoms with E-state index in [4.69, 9.17) is 9.84 Å².